The standard InChI is InChI=1S/C28H40O8/c29-23(35-17-8-3-1-4-9-17)15-33-27(31)25-21-14-22(20-13-7-12-19(20)21)26(25)28(32)34-16-24(30)36-18-10-5-2-6-11-18/h17-22,25-26H,1-16H2. The summed E-state index contributed by atoms with van der Waals surface area (Å²) in [6.07, 6.45) is 13.8. The molecule has 0 aliphatic heterocycles. The predicted octanol–water partition coefficient (Wildman–Crippen LogP) is 4.12. The molecule has 0 spiro atoms. The minimum atomic E-state index is -0.626. The Balaban J connectivity index is 1.16. The Hall–Kier alpha value is -2.12. The predicted molar refractivity (Wildman–Crippen MR) is 127 cm³/mol. The number of carbonyl (C=O) groups is 4. The lowest BCUT2D eigenvalue weighted by Crippen LogP contribution is -2.43. The van der Waals surface area contributed by atoms with Gasteiger partial charge in [0.05, 0.1) is 11.8 Å². The van der Waals surface area contributed by atoms with E-state index in [1.807, 2.05) is 0 Å². The van der Waals surface area contributed by atoms with Gasteiger partial charge in [0.15, 0.2) is 13.2 Å². The summed E-state index contributed by atoms with van der Waals surface area (Å²) >= 11 is 0. The minimum Gasteiger partial charge on any atom is -0.460 e. The van der Waals surface area contributed by atoms with Gasteiger partial charge in [0.2, 0.25) is 0 Å². The molecule has 0 N–H and O–H groups in total. The smallest absolute Gasteiger partial charge is 0.344 e. The summed E-state index contributed by atoms with van der Waals surface area (Å²) in [7, 11) is 0. The lowest BCUT2D eigenvalue weighted by atomic mass is 9.69. The van der Waals surface area contributed by atoms with Crippen LogP contribution in [0.2, 0.25) is 0 Å². The van der Waals surface area contributed by atoms with Crippen molar-refractivity contribution < 1.29 is 38.1 Å². The van der Waals surface area contributed by atoms with Crippen molar-refractivity contribution in [3.05, 3.63) is 0 Å². The average Bonchev–Trinajstić information content (AvgIpc) is 3.60. The molecule has 36 heavy (non-hydrogen) atoms. The van der Waals surface area contributed by atoms with E-state index in [0.717, 1.165) is 89.9 Å². The number of rotatable bonds is 8. The normalized spacial score (nSPS) is 34.1. The Morgan fingerprint density at radius 3 is 1.33 bits per heavy atom. The summed E-state index contributed by atoms with van der Waals surface area (Å²) in [5.74, 6) is -2.36. The number of fused-ring (bicyclic) bond motifs is 5. The maximum Gasteiger partial charge on any atom is 0.344 e. The van der Waals surface area contributed by atoms with Crippen LogP contribution in [0.5, 0.6) is 0 Å². The van der Waals surface area contributed by atoms with Crippen LogP contribution in [-0.4, -0.2) is 49.3 Å². The lowest BCUT2D eigenvalue weighted by Gasteiger charge is -2.35. The van der Waals surface area contributed by atoms with Crippen molar-refractivity contribution in [1.82, 2.24) is 0 Å². The molecule has 5 aliphatic rings. The van der Waals surface area contributed by atoms with Crippen LogP contribution in [0.3, 0.4) is 0 Å². The molecular weight excluding hydrogens is 464 g/mol. The van der Waals surface area contributed by atoms with Gasteiger partial charge in [0.1, 0.15) is 12.2 Å². The highest BCUT2D eigenvalue weighted by molar-refractivity contribution is 5.86. The number of carbonyl (C=O) groups excluding carboxylic acids is 4. The first kappa shape index (κ1) is 25.5. The highest BCUT2D eigenvalue weighted by atomic mass is 16.6. The summed E-state index contributed by atoms with van der Waals surface area (Å²) in [4.78, 5) is 51.0. The topological polar surface area (TPSA) is 105 Å². The van der Waals surface area contributed by atoms with Crippen molar-refractivity contribution in [2.75, 3.05) is 13.2 Å². The molecule has 8 nitrogen and oxygen atoms in total. The third kappa shape index (κ3) is 5.57. The quantitative estimate of drug-likeness (QED) is 0.359. The highest BCUT2D eigenvalue weighted by Gasteiger charge is 2.64. The molecule has 0 aromatic carbocycles. The second kappa shape index (κ2) is 11.5. The second-order valence-corrected chi connectivity index (χ2v) is 11.6. The Kier molecular flexibility index (Phi) is 8.16. The maximum atomic E-state index is 13.2. The van der Waals surface area contributed by atoms with Gasteiger partial charge in [-0.25, -0.2) is 9.59 Å². The monoisotopic (exact) mass is 504 g/mol. The first-order chi connectivity index (χ1) is 17.5. The van der Waals surface area contributed by atoms with E-state index < -0.39 is 48.9 Å². The van der Waals surface area contributed by atoms with Gasteiger partial charge in [-0.15, -0.1) is 0 Å². The van der Waals surface area contributed by atoms with E-state index >= 15 is 0 Å². The molecular formula is C28H40O8. The minimum absolute atomic E-state index is 0.0658. The van der Waals surface area contributed by atoms with Gasteiger partial charge in [-0.05, 0) is 94.3 Å². The molecule has 5 aliphatic carbocycles. The molecule has 0 heterocycles. The SMILES string of the molecule is O=C(COC(=O)C1C2CC(C3CCCC32)C1C(=O)OCC(=O)OC1CCCCC1)OC1CCCCC1. The fraction of sp³-hybridized carbons (Fsp3) is 0.857. The summed E-state index contributed by atoms with van der Waals surface area (Å²) < 4.78 is 21.8. The molecule has 0 radical (unpaired) electrons. The fourth-order valence-corrected chi connectivity index (χ4v) is 8.00. The molecule has 0 aromatic heterocycles. The summed E-state index contributed by atoms with van der Waals surface area (Å²) in [5, 5.41) is 0. The summed E-state index contributed by atoms with van der Waals surface area (Å²) in [6, 6.07) is 0. The molecule has 6 atom stereocenters. The van der Waals surface area contributed by atoms with Crippen LogP contribution in [0.4, 0.5) is 0 Å². The van der Waals surface area contributed by atoms with Gasteiger partial charge in [-0.2, -0.15) is 0 Å². The zero-order valence-corrected chi connectivity index (χ0v) is 21.2. The van der Waals surface area contributed by atoms with E-state index in [9.17, 15) is 19.2 Å². The van der Waals surface area contributed by atoms with Crippen molar-refractivity contribution >= 4 is 23.9 Å². The van der Waals surface area contributed by atoms with E-state index in [-0.39, 0.29) is 24.0 Å². The summed E-state index contributed by atoms with van der Waals surface area (Å²) in [5.41, 5.74) is 0. The highest BCUT2D eigenvalue weighted by Crippen LogP contribution is 2.63. The first-order valence-corrected chi connectivity index (χ1v) is 14.2. The molecule has 0 amide bonds. The first-order valence-electron chi connectivity index (χ1n) is 14.2. The average molecular weight is 505 g/mol. The number of esters is 4. The van der Waals surface area contributed by atoms with Crippen LogP contribution < -0.4 is 0 Å². The Bertz CT molecular complexity index is 761. The van der Waals surface area contributed by atoms with E-state index in [0.29, 0.717) is 11.8 Å². The molecule has 200 valence electrons. The third-order valence-corrected chi connectivity index (χ3v) is 9.49. The molecule has 8 heteroatoms. The van der Waals surface area contributed by atoms with Crippen LogP contribution in [0.1, 0.15) is 89.9 Å². The lowest BCUT2D eigenvalue weighted by molar-refractivity contribution is -0.174. The molecule has 5 saturated carbocycles. The van der Waals surface area contributed by atoms with Crippen LogP contribution in [-0.2, 0) is 38.1 Å². The van der Waals surface area contributed by atoms with Gasteiger partial charge in [0, 0.05) is 0 Å². The molecule has 2 bridgehead atoms. The summed E-state index contributed by atoms with van der Waals surface area (Å²) in [6.45, 7) is -0.848. The van der Waals surface area contributed by atoms with Crippen molar-refractivity contribution in [2.24, 2.45) is 35.5 Å². The van der Waals surface area contributed by atoms with Gasteiger partial charge in [-0.3, -0.25) is 9.59 Å². The second-order valence-electron chi connectivity index (χ2n) is 11.6. The maximum absolute atomic E-state index is 13.2. The van der Waals surface area contributed by atoms with Crippen molar-refractivity contribution in [3.8, 4) is 0 Å². The zero-order valence-electron chi connectivity index (χ0n) is 21.2. The van der Waals surface area contributed by atoms with Crippen molar-refractivity contribution in [3.63, 3.8) is 0 Å². The van der Waals surface area contributed by atoms with Crippen molar-refractivity contribution in [2.45, 2.75) is 102 Å². The van der Waals surface area contributed by atoms with Gasteiger partial charge >= 0.3 is 23.9 Å². The van der Waals surface area contributed by atoms with Crippen LogP contribution in [0.15, 0.2) is 0 Å². The van der Waals surface area contributed by atoms with Gasteiger partial charge in [-0.1, -0.05) is 19.3 Å². The van der Waals surface area contributed by atoms with Crippen LogP contribution >= 0.6 is 0 Å². The number of ether oxygens (including phenoxy) is 4. The molecule has 5 fully saturated rings. The van der Waals surface area contributed by atoms with E-state index in [1.165, 1.54) is 0 Å². The molecule has 5 rings (SSSR count). The van der Waals surface area contributed by atoms with Gasteiger partial charge in [0.25, 0.3) is 0 Å². The largest absolute Gasteiger partial charge is 0.460 e. The molecule has 0 saturated heterocycles. The molecule has 6 unspecified atom stereocenters. The zero-order chi connectivity index (χ0) is 25.1. The van der Waals surface area contributed by atoms with E-state index in [4.69, 9.17) is 18.9 Å². The third-order valence-electron chi connectivity index (χ3n) is 9.49. The molecule has 0 aromatic rings. The van der Waals surface area contributed by atoms with Crippen LogP contribution in [0, 0.1) is 35.5 Å². The Labute approximate surface area is 213 Å². The Morgan fingerprint density at radius 2 is 0.917 bits per heavy atom. The van der Waals surface area contributed by atoms with E-state index in [1.54, 1.807) is 0 Å². The van der Waals surface area contributed by atoms with Gasteiger partial charge < -0.3 is 18.9 Å². The van der Waals surface area contributed by atoms with Crippen LogP contribution in [0.25, 0.3) is 0 Å². The van der Waals surface area contributed by atoms with E-state index in [2.05, 4.69) is 0 Å². The van der Waals surface area contributed by atoms with Crippen molar-refractivity contribution in [1.29, 1.82) is 0 Å². The fourth-order valence-electron chi connectivity index (χ4n) is 8.00. The number of hydrogen-bond donors (Lipinski definition) is 0. The number of hydrogen-bond acceptors (Lipinski definition) is 8. The Morgan fingerprint density at radius 1 is 0.500 bits per heavy atom.